The SMILES string of the molecule is COc1c(C)cnc(CNC(=O)C2(c3ccc(Br)cc3)CCC2)c1C. The lowest BCUT2D eigenvalue weighted by molar-refractivity contribution is -0.130. The first-order valence-corrected chi connectivity index (χ1v) is 9.30. The van der Waals surface area contributed by atoms with Crippen molar-refractivity contribution in [2.75, 3.05) is 7.11 Å². The number of ether oxygens (including phenoxy) is 1. The minimum atomic E-state index is -0.399. The lowest BCUT2D eigenvalue weighted by Crippen LogP contribution is -2.49. The van der Waals surface area contributed by atoms with Crippen LogP contribution in [0.4, 0.5) is 0 Å². The van der Waals surface area contributed by atoms with Crippen LogP contribution in [0.1, 0.15) is 41.6 Å². The summed E-state index contributed by atoms with van der Waals surface area (Å²) in [7, 11) is 1.66. The fraction of sp³-hybridized carbons (Fsp3) is 0.400. The zero-order valence-corrected chi connectivity index (χ0v) is 16.4. The molecule has 1 saturated carbocycles. The number of halogens is 1. The highest BCUT2D eigenvalue weighted by molar-refractivity contribution is 9.10. The van der Waals surface area contributed by atoms with Crippen molar-refractivity contribution in [1.29, 1.82) is 0 Å². The Kier molecular flexibility index (Phi) is 5.13. The Bertz CT molecular complexity index is 783. The van der Waals surface area contributed by atoms with E-state index in [4.69, 9.17) is 4.74 Å². The van der Waals surface area contributed by atoms with E-state index in [1.54, 1.807) is 13.3 Å². The maximum atomic E-state index is 13.0. The number of hydrogen-bond acceptors (Lipinski definition) is 3. The van der Waals surface area contributed by atoms with E-state index in [2.05, 4.69) is 26.2 Å². The van der Waals surface area contributed by atoms with E-state index >= 15 is 0 Å². The highest BCUT2D eigenvalue weighted by atomic mass is 79.9. The molecule has 0 unspecified atom stereocenters. The Labute approximate surface area is 157 Å². The third kappa shape index (κ3) is 3.30. The summed E-state index contributed by atoms with van der Waals surface area (Å²) in [6.07, 6.45) is 4.66. The predicted octanol–water partition coefficient (Wildman–Crippen LogP) is 4.21. The Morgan fingerprint density at radius 2 is 1.96 bits per heavy atom. The molecule has 1 amide bonds. The van der Waals surface area contributed by atoms with Gasteiger partial charge in [-0.1, -0.05) is 34.5 Å². The Morgan fingerprint density at radius 1 is 1.28 bits per heavy atom. The van der Waals surface area contributed by atoms with Crippen LogP contribution in [0.5, 0.6) is 5.75 Å². The molecule has 3 rings (SSSR count). The van der Waals surface area contributed by atoms with Crippen molar-refractivity contribution in [3.63, 3.8) is 0 Å². The number of aryl methyl sites for hydroxylation is 1. The van der Waals surface area contributed by atoms with Crippen molar-refractivity contribution in [3.05, 3.63) is 57.3 Å². The second-order valence-corrected chi connectivity index (χ2v) is 7.59. The fourth-order valence-corrected chi connectivity index (χ4v) is 3.79. The summed E-state index contributed by atoms with van der Waals surface area (Å²) in [6, 6.07) is 8.08. The summed E-state index contributed by atoms with van der Waals surface area (Å²) < 4.78 is 6.47. The summed E-state index contributed by atoms with van der Waals surface area (Å²) >= 11 is 3.46. The van der Waals surface area contributed by atoms with E-state index in [0.29, 0.717) is 6.54 Å². The zero-order valence-electron chi connectivity index (χ0n) is 14.9. The number of methoxy groups -OCH3 is 1. The molecule has 5 heteroatoms. The first-order chi connectivity index (χ1) is 12.0. The van der Waals surface area contributed by atoms with Gasteiger partial charge < -0.3 is 10.1 Å². The molecule has 132 valence electrons. The third-order valence-corrected chi connectivity index (χ3v) is 5.73. The number of nitrogens with one attached hydrogen (secondary N) is 1. The van der Waals surface area contributed by atoms with E-state index in [1.807, 2.05) is 38.1 Å². The summed E-state index contributed by atoms with van der Waals surface area (Å²) in [6.45, 7) is 4.37. The smallest absolute Gasteiger partial charge is 0.230 e. The van der Waals surface area contributed by atoms with Crippen molar-refractivity contribution >= 4 is 21.8 Å². The van der Waals surface area contributed by atoms with Gasteiger partial charge in [0.1, 0.15) is 5.75 Å². The molecule has 0 bridgehead atoms. The van der Waals surface area contributed by atoms with E-state index in [1.165, 1.54) is 0 Å². The van der Waals surface area contributed by atoms with Crippen molar-refractivity contribution in [3.8, 4) is 5.75 Å². The molecule has 2 aromatic rings. The van der Waals surface area contributed by atoms with Gasteiger partial charge in [-0.15, -0.1) is 0 Å². The third-order valence-electron chi connectivity index (χ3n) is 5.20. The van der Waals surface area contributed by atoms with Crippen LogP contribution in [-0.2, 0) is 16.8 Å². The quantitative estimate of drug-likeness (QED) is 0.814. The molecular formula is C20H23BrN2O2. The molecule has 1 aliphatic carbocycles. The van der Waals surface area contributed by atoms with Crippen LogP contribution >= 0.6 is 15.9 Å². The lowest BCUT2D eigenvalue weighted by Gasteiger charge is -2.40. The largest absolute Gasteiger partial charge is 0.496 e. The summed E-state index contributed by atoms with van der Waals surface area (Å²) in [5, 5.41) is 3.10. The van der Waals surface area contributed by atoms with Crippen molar-refractivity contribution in [1.82, 2.24) is 10.3 Å². The molecule has 0 atom stereocenters. The molecule has 0 radical (unpaired) electrons. The molecule has 1 aromatic heterocycles. The number of rotatable bonds is 5. The standard InChI is InChI=1S/C20H23BrN2O2/c1-13-11-22-17(14(2)18(13)25-3)12-23-19(24)20(9-4-10-20)15-5-7-16(21)8-6-15/h5-8,11H,4,9-10,12H2,1-3H3,(H,23,24). The maximum Gasteiger partial charge on any atom is 0.230 e. The minimum absolute atomic E-state index is 0.0850. The fourth-order valence-electron chi connectivity index (χ4n) is 3.53. The van der Waals surface area contributed by atoms with Gasteiger partial charge in [0.05, 0.1) is 24.8 Å². The normalized spacial score (nSPS) is 15.4. The van der Waals surface area contributed by atoms with Crippen LogP contribution in [-0.4, -0.2) is 18.0 Å². The van der Waals surface area contributed by atoms with Crippen LogP contribution in [0.2, 0.25) is 0 Å². The van der Waals surface area contributed by atoms with Gasteiger partial charge in [-0.25, -0.2) is 0 Å². The molecule has 1 aromatic carbocycles. The van der Waals surface area contributed by atoms with Gasteiger partial charge in [0.2, 0.25) is 5.91 Å². The van der Waals surface area contributed by atoms with Gasteiger partial charge in [-0.2, -0.15) is 0 Å². The van der Waals surface area contributed by atoms with Gasteiger partial charge in [0.25, 0.3) is 0 Å². The highest BCUT2D eigenvalue weighted by Gasteiger charge is 2.45. The highest BCUT2D eigenvalue weighted by Crippen LogP contribution is 2.44. The number of benzene rings is 1. The van der Waals surface area contributed by atoms with Gasteiger partial charge in [0.15, 0.2) is 0 Å². The van der Waals surface area contributed by atoms with Gasteiger partial charge >= 0.3 is 0 Å². The van der Waals surface area contributed by atoms with E-state index in [-0.39, 0.29) is 5.91 Å². The second-order valence-electron chi connectivity index (χ2n) is 6.67. The molecule has 1 aliphatic rings. The van der Waals surface area contributed by atoms with Crippen molar-refractivity contribution < 1.29 is 9.53 Å². The van der Waals surface area contributed by atoms with Crippen LogP contribution in [0, 0.1) is 13.8 Å². The number of pyridine rings is 1. The number of carbonyl (C=O) groups excluding carboxylic acids is 1. The predicted molar refractivity (Wildman–Crippen MR) is 102 cm³/mol. The van der Waals surface area contributed by atoms with Crippen molar-refractivity contribution in [2.45, 2.75) is 45.1 Å². The van der Waals surface area contributed by atoms with Crippen molar-refractivity contribution in [2.24, 2.45) is 0 Å². The molecule has 25 heavy (non-hydrogen) atoms. The van der Waals surface area contributed by atoms with Crippen LogP contribution in [0.15, 0.2) is 34.9 Å². The van der Waals surface area contributed by atoms with Gasteiger partial charge in [0, 0.05) is 21.8 Å². The first-order valence-electron chi connectivity index (χ1n) is 8.51. The molecule has 0 spiro atoms. The Morgan fingerprint density at radius 3 is 2.52 bits per heavy atom. The number of nitrogens with zero attached hydrogens (tertiary/aromatic N) is 1. The maximum absolute atomic E-state index is 13.0. The average molecular weight is 403 g/mol. The Balaban J connectivity index is 1.77. The summed E-state index contributed by atoms with van der Waals surface area (Å²) in [4.78, 5) is 17.4. The molecule has 0 saturated heterocycles. The molecule has 1 N–H and O–H groups in total. The lowest BCUT2D eigenvalue weighted by atomic mass is 9.64. The first kappa shape index (κ1) is 17.9. The van der Waals surface area contributed by atoms with E-state index < -0.39 is 5.41 Å². The van der Waals surface area contributed by atoms with Gasteiger partial charge in [-0.3, -0.25) is 9.78 Å². The van der Waals surface area contributed by atoms with Crippen LogP contribution < -0.4 is 10.1 Å². The molecule has 4 nitrogen and oxygen atoms in total. The average Bonchev–Trinajstić information content (AvgIpc) is 2.55. The van der Waals surface area contributed by atoms with E-state index in [9.17, 15) is 4.79 Å². The van der Waals surface area contributed by atoms with Gasteiger partial charge in [-0.05, 0) is 44.4 Å². The monoisotopic (exact) mass is 402 g/mol. The van der Waals surface area contributed by atoms with Crippen LogP contribution in [0.25, 0.3) is 0 Å². The molecule has 1 fully saturated rings. The molecule has 1 heterocycles. The molecular weight excluding hydrogens is 380 g/mol. The topological polar surface area (TPSA) is 51.2 Å². The summed E-state index contributed by atoms with van der Waals surface area (Å²) in [5.74, 6) is 0.923. The zero-order chi connectivity index (χ0) is 18.0. The number of aromatic nitrogens is 1. The number of carbonyl (C=O) groups is 1. The Hall–Kier alpha value is -1.88. The molecule has 0 aliphatic heterocycles. The minimum Gasteiger partial charge on any atom is -0.496 e. The number of amides is 1. The van der Waals surface area contributed by atoms with Crippen LogP contribution in [0.3, 0.4) is 0 Å². The second kappa shape index (κ2) is 7.16. The number of hydrogen-bond donors (Lipinski definition) is 1. The van der Waals surface area contributed by atoms with E-state index in [0.717, 1.165) is 51.9 Å². The summed E-state index contributed by atoms with van der Waals surface area (Å²) in [5.41, 5.74) is 3.52.